The van der Waals surface area contributed by atoms with Gasteiger partial charge in [-0.05, 0) is 18.6 Å². The summed E-state index contributed by atoms with van der Waals surface area (Å²) < 4.78 is 6.62. The average molecular weight is 337 g/mol. The Labute approximate surface area is 145 Å². The molecular formula is C17H16BN3O2S. The summed E-state index contributed by atoms with van der Waals surface area (Å²) in [5.41, 5.74) is 2.36. The van der Waals surface area contributed by atoms with Crippen molar-refractivity contribution in [1.29, 1.82) is 0 Å². The van der Waals surface area contributed by atoms with E-state index in [0.29, 0.717) is 35.0 Å². The number of carbonyl (C=O) groups is 1. The number of anilines is 1. The van der Waals surface area contributed by atoms with E-state index < -0.39 is 0 Å². The van der Waals surface area contributed by atoms with Crippen LogP contribution < -0.4 is 20.8 Å². The molecule has 0 fully saturated rings. The molecule has 0 saturated carbocycles. The lowest BCUT2D eigenvalue weighted by Gasteiger charge is -2.07. The van der Waals surface area contributed by atoms with Gasteiger partial charge in [0.15, 0.2) is 5.13 Å². The second-order valence-electron chi connectivity index (χ2n) is 5.14. The summed E-state index contributed by atoms with van der Waals surface area (Å²) in [6.07, 6.45) is 0. The smallest absolute Gasteiger partial charge is 0.321 e. The molecular weight excluding hydrogens is 321 g/mol. The molecule has 0 saturated heterocycles. The van der Waals surface area contributed by atoms with Gasteiger partial charge in [0.25, 0.3) is 0 Å². The van der Waals surface area contributed by atoms with Gasteiger partial charge in [-0.2, -0.15) is 0 Å². The molecule has 0 bridgehead atoms. The van der Waals surface area contributed by atoms with Crippen LogP contribution in [0.3, 0.4) is 0 Å². The maximum Gasteiger partial charge on any atom is 0.321 e. The maximum atomic E-state index is 11.6. The number of benzene rings is 2. The van der Waals surface area contributed by atoms with Crippen molar-refractivity contribution in [1.82, 2.24) is 10.3 Å². The predicted molar refractivity (Wildman–Crippen MR) is 98.5 cm³/mol. The Morgan fingerprint density at radius 1 is 1.29 bits per heavy atom. The van der Waals surface area contributed by atoms with E-state index in [1.54, 1.807) is 6.07 Å². The highest BCUT2D eigenvalue weighted by atomic mass is 32.1. The summed E-state index contributed by atoms with van der Waals surface area (Å²) in [5.74, 6) is 0.652. The maximum absolute atomic E-state index is 11.6. The third kappa shape index (κ3) is 3.86. The van der Waals surface area contributed by atoms with Gasteiger partial charge in [0, 0.05) is 17.3 Å². The topological polar surface area (TPSA) is 63.2 Å². The molecule has 0 atom stereocenters. The second kappa shape index (κ2) is 7.36. The van der Waals surface area contributed by atoms with E-state index in [0.717, 1.165) is 10.3 Å². The van der Waals surface area contributed by atoms with Gasteiger partial charge >= 0.3 is 6.03 Å². The fourth-order valence-corrected chi connectivity index (χ4v) is 3.08. The zero-order valence-corrected chi connectivity index (χ0v) is 14.0. The number of nitrogens with zero attached hydrogens (tertiary/aromatic N) is 1. The van der Waals surface area contributed by atoms with Crippen molar-refractivity contribution in [2.45, 2.75) is 13.5 Å². The lowest BCUT2D eigenvalue weighted by Crippen LogP contribution is -2.28. The van der Waals surface area contributed by atoms with Crippen molar-refractivity contribution in [2.24, 2.45) is 0 Å². The van der Waals surface area contributed by atoms with Crippen LogP contribution in [-0.4, -0.2) is 25.4 Å². The van der Waals surface area contributed by atoms with E-state index in [9.17, 15) is 4.79 Å². The highest BCUT2D eigenvalue weighted by Crippen LogP contribution is 2.27. The number of rotatable bonds is 5. The number of fused-ring (bicyclic) bond motifs is 1. The second-order valence-corrected chi connectivity index (χ2v) is 6.14. The SMILES string of the molecule is [B]c1cc(OCc2ccccc2)cc2nc(NC(=O)NCC)sc12. The molecule has 24 heavy (non-hydrogen) atoms. The van der Waals surface area contributed by atoms with Gasteiger partial charge in [-0.3, -0.25) is 5.32 Å². The summed E-state index contributed by atoms with van der Waals surface area (Å²) in [5, 5.41) is 5.86. The van der Waals surface area contributed by atoms with E-state index in [-0.39, 0.29) is 6.03 Å². The number of amides is 2. The summed E-state index contributed by atoms with van der Waals surface area (Å²) in [6, 6.07) is 13.2. The molecule has 7 heteroatoms. The molecule has 0 aliphatic rings. The monoisotopic (exact) mass is 337 g/mol. The van der Waals surface area contributed by atoms with Crippen LogP contribution in [0.4, 0.5) is 9.93 Å². The van der Waals surface area contributed by atoms with Crippen LogP contribution in [0.2, 0.25) is 0 Å². The summed E-state index contributed by atoms with van der Waals surface area (Å²) in [7, 11) is 6.09. The number of thiazole rings is 1. The van der Waals surface area contributed by atoms with Crippen molar-refractivity contribution in [3.05, 3.63) is 48.0 Å². The average Bonchev–Trinajstić information content (AvgIpc) is 2.97. The summed E-state index contributed by atoms with van der Waals surface area (Å²) in [4.78, 5) is 16.0. The van der Waals surface area contributed by atoms with Gasteiger partial charge in [0.05, 0.1) is 5.52 Å². The van der Waals surface area contributed by atoms with Crippen LogP contribution in [-0.2, 0) is 6.61 Å². The Morgan fingerprint density at radius 3 is 2.83 bits per heavy atom. The number of hydrogen-bond acceptors (Lipinski definition) is 4. The Morgan fingerprint density at radius 2 is 2.08 bits per heavy atom. The highest BCUT2D eigenvalue weighted by molar-refractivity contribution is 7.23. The van der Waals surface area contributed by atoms with E-state index in [2.05, 4.69) is 15.6 Å². The molecule has 0 spiro atoms. The van der Waals surface area contributed by atoms with Gasteiger partial charge < -0.3 is 10.1 Å². The van der Waals surface area contributed by atoms with E-state index >= 15 is 0 Å². The Bertz CT molecular complexity index is 852. The van der Waals surface area contributed by atoms with Gasteiger partial charge in [-0.1, -0.05) is 47.1 Å². The third-order valence-corrected chi connectivity index (χ3v) is 4.33. The molecule has 3 aromatic rings. The summed E-state index contributed by atoms with van der Waals surface area (Å²) in [6.45, 7) is 2.86. The minimum absolute atomic E-state index is 0.282. The first kappa shape index (κ1) is 16.3. The van der Waals surface area contributed by atoms with Gasteiger partial charge in [0.1, 0.15) is 20.2 Å². The molecule has 120 valence electrons. The van der Waals surface area contributed by atoms with Crippen LogP contribution in [0.1, 0.15) is 12.5 Å². The molecule has 2 aromatic carbocycles. The highest BCUT2D eigenvalue weighted by Gasteiger charge is 2.10. The number of urea groups is 1. The number of nitrogens with one attached hydrogen (secondary N) is 2. The molecule has 0 aliphatic carbocycles. The quantitative estimate of drug-likeness (QED) is 0.704. The first-order valence-corrected chi connectivity index (χ1v) is 8.39. The van der Waals surface area contributed by atoms with Crippen molar-refractivity contribution in [3.63, 3.8) is 0 Å². The minimum atomic E-state index is -0.282. The Balaban J connectivity index is 1.77. The number of ether oxygens (including phenoxy) is 1. The zero-order chi connectivity index (χ0) is 16.9. The molecule has 1 aromatic heterocycles. The summed E-state index contributed by atoms with van der Waals surface area (Å²) >= 11 is 1.34. The fourth-order valence-electron chi connectivity index (χ4n) is 2.21. The largest absolute Gasteiger partial charge is 0.489 e. The van der Waals surface area contributed by atoms with Crippen molar-refractivity contribution >= 4 is 46.0 Å². The number of carbonyl (C=O) groups excluding carboxylic acids is 1. The molecule has 0 aliphatic heterocycles. The first-order valence-electron chi connectivity index (χ1n) is 7.57. The minimum Gasteiger partial charge on any atom is -0.489 e. The van der Waals surface area contributed by atoms with E-state index in [1.807, 2.05) is 43.3 Å². The standard InChI is InChI=1S/C17H16BN3O2S/c1-2-19-16(22)21-17-20-14-9-12(8-13(18)15(14)24-17)23-10-11-6-4-3-5-7-11/h3-9H,2,10H2,1H3,(H2,19,20,21,22). The lowest BCUT2D eigenvalue weighted by molar-refractivity contribution is 0.252. The van der Waals surface area contributed by atoms with Crippen molar-refractivity contribution in [2.75, 3.05) is 11.9 Å². The molecule has 2 N–H and O–H groups in total. The van der Waals surface area contributed by atoms with Gasteiger partial charge in [-0.15, -0.1) is 0 Å². The van der Waals surface area contributed by atoms with Crippen LogP contribution in [0.25, 0.3) is 10.2 Å². The molecule has 3 rings (SSSR count). The lowest BCUT2D eigenvalue weighted by atomic mass is 9.96. The fraction of sp³-hybridized carbons (Fsp3) is 0.176. The van der Waals surface area contributed by atoms with E-state index in [4.69, 9.17) is 12.6 Å². The van der Waals surface area contributed by atoms with Crippen LogP contribution in [0.5, 0.6) is 5.75 Å². The number of aromatic nitrogens is 1. The molecule has 2 radical (unpaired) electrons. The van der Waals surface area contributed by atoms with Gasteiger partial charge in [-0.25, -0.2) is 9.78 Å². The number of hydrogen-bond donors (Lipinski definition) is 2. The van der Waals surface area contributed by atoms with Crippen molar-refractivity contribution < 1.29 is 9.53 Å². The third-order valence-electron chi connectivity index (χ3n) is 3.30. The Kier molecular flexibility index (Phi) is 5.00. The normalized spacial score (nSPS) is 10.5. The van der Waals surface area contributed by atoms with Gasteiger partial charge in [0.2, 0.25) is 0 Å². The van der Waals surface area contributed by atoms with E-state index in [1.165, 1.54) is 11.3 Å². The van der Waals surface area contributed by atoms with Crippen molar-refractivity contribution in [3.8, 4) is 5.75 Å². The first-order chi connectivity index (χ1) is 11.7. The van der Waals surface area contributed by atoms with Crippen LogP contribution >= 0.6 is 11.3 Å². The Hall–Kier alpha value is -2.54. The molecule has 5 nitrogen and oxygen atoms in total. The van der Waals surface area contributed by atoms with Crippen LogP contribution in [0, 0.1) is 0 Å². The predicted octanol–water partition coefficient (Wildman–Crippen LogP) is 2.81. The molecule has 0 unspecified atom stereocenters. The molecule has 1 heterocycles. The van der Waals surface area contributed by atoms with Crippen LogP contribution in [0.15, 0.2) is 42.5 Å². The zero-order valence-electron chi connectivity index (χ0n) is 13.2. The molecule has 2 amide bonds.